The van der Waals surface area contributed by atoms with E-state index in [1.807, 2.05) is 37.6 Å². The molecular weight excluding hydrogens is 392 g/mol. The van der Waals surface area contributed by atoms with Gasteiger partial charge in [-0.15, -0.1) is 0 Å². The quantitative estimate of drug-likeness (QED) is 0.546. The lowest BCUT2D eigenvalue weighted by Gasteiger charge is -2.38. The van der Waals surface area contributed by atoms with Crippen molar-refractivity contribution in [3.63, 3.8) is 0 Å². The molecule has 2 aliphatic rings. The van der Waals surface area contributed by atoms with Gasteiger partial charge in [-0.2, -0.15) is 4.98 Å². The fraction of sp³-hybridized carbons (Fsp3) is 0.318. The molecular formula is C22H22N8O. The number of nitrogens with zero attached hydrogens (tertiary/aromatic N) is 7. The van der Waals surface area contributed by atoms with Crippen LogP contribution in [0, 0.1) is 6.92 Å². The van der Waals surface area contributed by atoms with E-state index in [0.717, 1.165) is 72.2 Å². The van der Waals surface area contributed by atoms with Gasteiger partial charge in [-0.25, -0.2) is 9.97 Å². The maximum atomic E-state index is 5.58. The molecule has 0 radical (unpaired) electrons. The Morgan fingerprint density at radius 3 is 2.65 bits per heavy atom. The summed E-state index contributed by atoms with van der Waals surface area (Å²) in [5, 5.41) is 3.39. The summed E-state index contributed by atoms with van der Waals surface area (Å²) in [5.41, 5.74) is 4.64. The molecule has 1 fully saturated rings. The lowest BCUT2D eigenvalue weighted by Crippen LogP contribution is -2.42. The minimum atomic E-state index is 0.373. The molecule has 1 aromatic carbocycles. The summed E-state index contributed by atoms with van der Waals surface area (Å²) in [5.74, 6) is 2.49. The van der Waals surface area contributed by atoms with Gasteiger partial charge in [-0.1, -0.05) is 0 Å². The normalized spacial score (nSPS) is 16.2. The SMILES string of the molecule is Cc1cc2nccnc2cc1Nc1ncc2c(n1)N(C1CCOCC1)Cc1nccn1-2. The van der Waals surface area contributed by atoms with Crippen molar-refractivity contribution >= 4 is 28.5 Å². The summed E-state index contributed by atoms with van der Waals surface area (Å²) in [6.45, 7) is 4.32. The van der Waals surface area contributed by atoms with Crippen molar-refractivity contribution in [1.82, 2.24) is 29.5 Å². The maximum Gasteiger partial charge on any atom is 0.229 e. The van der Waals surface area contributed by atoms with Crippen LogP contribution in [0.4, 0.5) is 17.5 Å². The highest BCUT2D eigenvalue weighted by atomic mass is 16.5. The van der Waals surface area contributed by atoms with Gasteiger partial charge in [0.1, 0.15) is 11.5 Å². The Balaban J connectivity index is 1.39. The highest BCUT2D eigenvalue weighted by molar-refractivity contribution is 5.81. The zero-order valence-electron chi connectivity index (χ0n) is 17.2. The van der Waals surface area contributed by atoms with Gasteiger partial charge in [-0.05, 0) is 37.5 Å². The number of aromatic nitrogens is 6. The summed E-state index contributed by atoms with van der Waals surface area (Å²) in [4.78, 5) is 25.2. The van der Waals surface area contributed by atoms with E-state index in [-0.39, 0.29) is 0 Å². The topological polar surface area (TPSA) is 93.9 Å². The first-order valence-electron chi connectivity index (χ1n) is 10.5. The smallest absolute Gasteiger partial charge is 0.229 e. The van der Waals surface area contributed by atoms with Crippen molar-refractivity contribution in [3.8, 4) is 5.69 Å². The van der Waals surface area contributed by atoms with Gasteiger partial charge in [0.15, 0.2) is 5.82 Å². The van der Waals surface area contributed by atoms with Crippen LogP contribution in [0.2, 0.25) is 0 Å². The minimum Gasteiger partial charge on any atom is -0.381 e. The molecule has 2 aliphatic heterocycles. The van der Waals surface area contributed by atoms with Gasteiger partial charge in [-0.3, -0.25) is 14.5 Å². The predicted molar refractivity (Wildman–Crippen MR) is 117 cm³/mol. The molecule has 9 heteroatoms. The third-order valence-electron chi connectivity index (χ3n) is 6.00. The van der Waals surface area contributed by atoms with Crippen LogP contribution in [0.15, 0.2) is 43.1 Å². The fourth-order valence-electron chi connectivity index (χ4n) is 4.38. The van der Waals surface area contributed by atoms with Crippen molar-refractivity contribution in [2.45, 2.75) is 32.4 Å². The van der Waals surface area contributed by atoms with E-state index in [2.05, 4.69) is 34.7 Å². The second-order valence-electron chi connectivity index (χ2n) is 7.92. The lowest BCUT2D eigenvalue weighted by molar-refractivity contribution is 0.0836. The van der Waals surface area contributed by atoms with Crippen LogP contribution in [0.25, 0.3) is 16.7 Å². The average Bonchev–Trinajstić information content (AvgIpc) is 3.28. The van der Waals surface area contributed by atoms with E-state index in [0.29, 0.717) is 12.0 Å². The summed E-state index contributed by atoms with van der Waals surface area (Å²) >= 11 is 0. The van der Waals surface area contributed by atoms with E-state index in [1.165, 1.54) is 0 Å². The molecule has 0 saturated carbocycles. The van der Waals surface area contributed by atoms with E-state index in [1.54, 1.807) is 12.4 Å². The van der Waals surface area contributed by atoms with E-state index in [4.69, 9.17) is 9.72 Å². The number of aryl methyl sites for hydroxylation is 1. The molecule has 1 saturated heterocycles. The number of fused-ring (bicyclic) bond motifs is 4. The summed E-state index contributed by atoms with van der Waals surface area (Å²) in [7, 11) is 0. The van der Waals surface area contributed by atoms with Crippen molar-refractivity contribution in [3.05, 3.63) is 54.5 Å². The summed E-state index contributed by atoms with van der Waals surface area (Å²) in [6.07, 6.45) is 11.0. The molecule has 0 spiro atoms. The monoisotopic (exact) mass is 414 g/mol. The Labute approximate surface area is 179 Å². The summed E-state index contributed by atoms with van der Waals surface area (Å²) < 4.78 is 7.66. The van der Waals surface area contributed by atoms with Crippen LogP contribution >= 0.6 is 0 Å². The largest absolute Gasteiger partial charge is 0.381 e. The van der Waals surface area contributed by atoms with Crippen molar-refractivity contribution in [2.24, 2.45) is 0 Å². The molecule has 4 aromatic rings. The number of hydrogen-bond acceptors (Lipinski definition) is 8. The second kappa shape index (κ2) is 7.28. The summed E-state index contributed by atoms with van der Waals surface area (Å²) in [6, 6.07) is 4.39. The molecule has 0 unspecified atom stereocenters. The van der Waals surface area contributed by atoms with Crippen LogP contribution in [0.1, 0.15) is 24.2 Å². The molecule has 0 atom stereocenters. The minimum absolute atomic E-state index is 0.373. The molecule has 1 N–H and O–H groups in total. The molecule has 31 heavy (non-hydrogen) atoms. The number of benzene rings is 1. The van der Waals surface area contributed by atoms with Gasteiger partial charge in [0.25, 0.3) is 0 Å². The molecule has 6 rings (SSSR count). The van der Waals surface area contributed by atoms with Crippen molar-refractivity contribution in [2.75, 3.05) is 23.4 Å². The third kappa shape index (κ3) is 3.17. The Hall–Kier alpha value is -3.59. The molecule has 5 heterocycles. The van der Waals surface area contributed by atoms with Crippen molar-refractivity contribution in [1.29, 1.82) is 0 Å². The second-order valence-corrected chi connectivity index (χ2v) is 7.92. The lowest BCUT2D eigenvalue weighted by atomic mass is 10.1. The standard InChI is InChI=1S/C22H22N8O/c1-14-10-17-18(24-5-4-23-17)11-16(14)27-22-26-12-19-21(28-22)30(15-2-8-31-9-3-15)13-20-25-6-7-29(19)20/h4-7,10-12,15H,2-3,8-9,13H2,1H3,(H,26,27,28). The molecule has 0 amide bonds. The third-order valence-corrected chi connectivity index (χ3v) is 6.00. The van der Waals surface area contributed by atoms with E-state index < -0.39 is 0 Å². The predicted octanol–water partition coefficient (Wildman–Crippen LogP) is 3.16. The highest BCUT2D eigenvalue weighted by Crippen LogP contribution is 2.34. The Bertz CT molecular complexity index is 1260. The maximum absolute atomic E-state index is 5.58. The molecule has 0 bridgehead atoms. The first-order valence-corrected chi connectivity index (χ1v) is 10.5. The van der Waals surface area contributed by atoms with Crippen molar-refractivity contribution < 1.29 is 4.74 Å². The number of hydrogen-bond donors (Lipinski definition) is 1. The van der Waals surface area contributed by atoms with Gasteiger partial charge in [0, 0.05) is 49.7 Å². The van der Waals surface area contributed by atoms with Crippen LogP contribution in [0.5, 0.6) is 0 Å². The first-order chi connectivity index (χ1) is 15.3. The average molecular weight is 414 g/mol. The fourth-order valence-corrected chi connectivity index (χ4v) is 4.38. The molecule has 0 aliphatic carbocycles. The number of ether oxygens (including phenoxy) is 1. The molecule has 156 valence electrons. The van der Waals surface area contributed by atoms with Crippen LogP contribution in [-0.4, -0.2) is 48.7 Å². The first kappa shape index (κ1) is 18.2. The highest BCUT2D eigenvalue weighted by Gasteiger charge is 2.31. The van der Waals surface area contributed by atoms with E-state index in [9.17, 15) is 0 Å². The van der Waals surface area contributed by atoms with Gasteiger partial charge in [0.2, 0.25) is 5.95 Å². The zero-order valence-corrected chi connectivity index (χ0v) is 17.2. The number of nitrogens with one attached hydrogen (secondary N) is 1. The Morgan fingerprint density at radius 2 is 1.81 bits per heavy atom. The zero-order chi connectivity index (χ0) is 20.8. The number of rotatable bonds is 3. The van der Waals surface area contributed by atoms with Gasteiger partial charge < -0.3 is 15.0 Å². The van der Waals surface area contributed by atoms with E-state index >= 15 is 0 Å². The Kier molecular flexibility index (Phi) is 4.27. The van der Waals surface area contributed by atoms with Gasteiger partial charge in [0.05, 0.1) is 23.8 Å². The van der Waals surface area contributed by atoms with Crippen LogP contribution in [-0.2, 0) is 11.3 Å². The Morgan fingerprint density at radius 1 is 1.00 bits per heavy atom. The molecule has 9 nitrogen and oxygen atoms in total. The van der Waals surface area contributed by atoms with Gasteiger partial charge >= 0.3 is 0 Å². The number of anilines is 3. The van der Waals surface area contributed by atoms with Crippen LogP contribution < -0.4 is 10.2 Å². The van der Waals surface area contributed by atoms with Crippen LogP contribution in [0.3, 0.4) is 0 Å². The number of imidazole rings is 1. The molecule has 3 aromatic heterocycles.